The highest BCUT2D eigenvalue weighted by molar-refractivity contribution is 6.35. The Morgan fingerprint density at radius 3 is 2.79 bits per heavy atom. The fraction of sp³-hybridized carbons (Fsp3) is 0.167. The van der Waals surface area contributed by atoms with Gasteiger partial charge in [-0.05, 0) is 24.6 Å². The Labute approximate surface area is 120 Å². The van der Waals surface area contributed by atoms with Crippen LogP contribution in [0.2, 0.25) is 10.0 Å². The first-order chi connectivity index (χ1) is 9.08. The minimum absolute atomic E-state index is 0.413. The van der Waals surface area contributed by atoms with E-state index in [0.717, 1.165) is 12.1 Å². The number of aromatic nitrogens is 2. The third-order valence-corrected chi connectivity index (χ3v) is 2.99. The molecule has 7 heteroatoms. The first-order valence-electron chi connectivity index (χ1n) is 5.66. The number of rotatable bonds is 3. The van der Waals surface area contributed by atoms with Gasteiger partial charge < -0.3 is 5.32 Å². The summed E-state index contributed by atoms with van der Waals surface area (Å²) in [7, 11) is 0. The highest BCUT2D eigenvalue weighted by atomic mass is 35.5. The lowest BCUT2D eigenvalue weighted by Crippen LogP contribution is -2.19. The normalized spacial score (nSPS) is 10.3. The fourth-order valence-electron chi connectivity index (χ4n) is 1.47. The van der Waals surface area contributed by atoms with E-state index < -0.39 is 6.03 Å². The smallest absolute Gasteiger partial charge is 0.306 e. The van der Waals surface area contributed by atoms with Crippen LogP contribution < -0.4 is 10.6 Å². The maximum absolute atomic E-state index is 11.8. The van der Waals surface area contributed by atoms with Gasteiger partial charge in [0, 0.05) is 16.8 Å². The van der Waals surface area contributed by atoms with Crippen LogP contribution in [0.25, 0.3) is 0 Å². The van der Waals surface area contributed by atoms with Gasteiger partial charge in [0.05, 0.1) is 10.7 Å². The van der Waals surface area contributed by atoms with Crippen LogP contribution in [0.4, 0.5) is 16.3 Å². The molecule has 0 spiro atoms. The van der Waals surface area contributed by atoms with E-state index in [1.165, 1.54) is 0 Å². The van der Waals surface area contributed by atoms with Gasteiger partial charge in [-0.3, -0.25) is 10.4 Å². The second-order valence-electron chi connectivity index (χ2n) is 3.84. The Morgan fingerprint density at radius 2 is 2.11 bits per heavy atom. The molecule has 100 valence electrons. The molecule has 1 aromatic carbocycles. The Morgan fingerprint density at radius 1 is 1.32 bits per heavy atom. The number of benzene rings is 1. The Kier molecular flexibility index (Phi) is 4.29. The molecule has 1 aromatic heterocycles. The third kappa shape index (κ3) is 3.62. The minimum Gasteiger partial charge on any atom is -0.306 e. The lowest BCUT2D eigenvalue weighted by Gasteiger charge is -2.07. The number of amides is 2. The summed E-state index contributed by atoms with van der Waals surface area (Å²) in [5.41, 5.74) is 1.38. The first-order valence-corrected chi connectivity index (χ1v) is 6.41. The van der Waals surface area contributed by atoms with Crippen LogP contribution in [0.5, 0.6) is 0 Å². The number of carbonyl (C=O) groups is 1. The molecule has 2 aromatic rings. The average molecular weight is 299 g/mol. The number of nitrogens with zero attached hydrogens (tertiary/aromatic N) is 1. The van der Waals surface area contributed by atoms with Crippen molar-refractivity contribution in [2.75, 3.05) is 10.6 Å². The topological polar surface area (TPSA) is 69.8 Å². The summed E-state index contributed by atoms with van der Waals surface area (Å²) in [5.74, 6) is 0.451. The highest BCUT2D eigenvalue weighted by Crippen LogP contribution is 2.25. The molecule has 19 heavy (non-hydrogen) atoms. The number of aromatic amines is 1. The van der Waals surface area contributed by atoms with E-state index in [2.05, 4.69) is 20.8 Å². The maximum atomic E-state index is 11.8. The van der Waals surface area contributed by atoms with E-state index >= 15 is 0 Å². The molecule has 0 unspecified atom stereocenters. The summed E-state index contributed by atoms with van der Waals surface area (Å²) in [4.78, 5) is 11.8. The van der Waals surface area contributed by atoms with Crippen LogP contribution in [-0.4, -0.2) is 16.2 Å². The van der Waals surface area contributed by atoms with Crippen molar-refractivity contribution in [3.05, 3.63) is 40.0 Å². The molecule has 0 aliphatic rings. The maximum Gasteiger partial charge on any atom is 0.324 e. The molecular formula is C12H12Cl2N4O. The van der Waals surface area contributed by atoms with Gasteiger partial charge in [-0.15, -0.1) is 0 Å². The molecule has 0 aliphatic heterocycles. The summed E-state index contributed by atoms with van der Waals surface area (Å²) in [5, 5.41) is 12.9. The molecular weight excluding hydrogens is 287 g/mol. The Balaban J connectivity index is 2.03. The standard InChI is InChI=1S/C12H12Cl2N4O/c1-2-8-6-11(18-17-8)16-12(19)15-10-5-7(13)3-4-9(10)14/h3-6H,2H2,1H3,(H3,15,16,17,18,19). The van der Waals surface area contributed by atoms with Gasteiger partial charge in [0.25, 0.3) is 0 Å². The van der Waals surface area contributed by atoms with E-state index in [9.17, 15) is 4.79 Å². The van der Waals surface area contributed by atoms with Crippen LogP contribution in [0.1, 0.15) is 12.6 Å². The SMILES string of the molecule is CCc1cc(NC(=O)Nc2cc(Cl)ccc2Cl)n[nH]1. The number of carbonyl (C=O) groups excluding carboxylic acids is 1. The lowest BCUT2D eigenvalue weighted by atomic mass is 10.3. The number of H-pyrrole nitrogens is 1. The zero-order chi connectivity index (χ0) is 13.8. The van der Waals surface area contributed by atoms with Crippen LogP contribution in [0.3, 0.4) is 0 Å². The van der Waals surface area contributed by atoms with E-state index in [4.69, 9.17) is 23.2 Å². The summed E-state index contributed by atoms with van der Waals surface area (Å²) < 4.78 is 0. The van der Waals surface area contributed by atoms with Crippen molar-refractivity contribution in [2.24, 2.45) is 0 Å². The van der Waals surface area contributed by atoms with E-state index in [-0.39, 0.29) is 0 Å². The van der Waals surface area contributed by atoms with E-state index in [0.29, 0.717) is 21.6 Å². The molecule has 5 nitrogen and oxygen atoms in total. The summed E-state index contributed by atoms with van der Waals surface area (Å²) in [6, 6.07) is 6.17. The third-order valence-electron chi connectivity index (χ3n) is 2.43. The van der Waals surface area contributed by atoms with Crippen molar-refractivity contribution in [1.82, 2.24) is 10.2 Å². The molecule has 0 atom stereocenters. The van der Waals surface area contributed by atoms with Gasteiger partial charge in [-0.2, -0.15) is 5.10 Å². The lowest BCUT2D eigenvalue weighted by molar-refractivity contribution is 0.262. The number of urea groups is 1. The molecule has 0 radical (unpaired) electrons. The van der Waals surface area contributed by atoms with Gasteiger partial charge in [0.1, 0.15) is 0 Å². The van der Waals surface area contributed by atoms with E-state index in [1.807, 2.05) is 6.92 Å². The Bertz CT molecular complexity index is 597. The molecule has 1 heterocycles. The van der Waals surface area contributed by atoms with Crippen LogP contribution in [0, 0.1) is 0 Å². The van der Waals surface area contributed by atoms with Crippen molar-refractivity contribution in [1.29, 1.82) is 0 Å². The predicted octanol–water partition coefficient (Wildman–Crippen LogP) is 3.92. The largest absolute Gasteiger partial charge is 0.324 e. The van der Waals surface area contributed by atoms with Gasteiger partial charge in [0.15, 0.2) is 5.82 Å². The van der Waals surface area contributed by atoms with Crippen molar-refractivity contribution < 1.29 is 4.79 Å². The fourth-order valence-corrected chi connectivity index (χ4v) is 1.81. The number of anilines is 2. The minimum atomic E-state index is -0.432. The van der Waals surface area contributed by atoms with Crippen molar-refractivity contribution in [2.45, 2.75) is 13.3 Å². The van der Waals surface area contributed by atoms with Crippen LogP contribution in [-0.2, 0) is 6.42 Å². The summed E-state index contributed by atoms with van der Waals surface area (Å²) >= 11 is 11.8. The molecule has 0 saturated carbocycles. The number of hydrogen-bond acceptors (Lipinski definition) is 2. The summed E-state index contributed by atoms with van der Waals surface area (Å²) in [6.07, 6.45) is 0.816. The van der Waals surface area contributed by atoms with Crippen molar-refractivity contribution in [3.8, 4) is 0 Å². The number of nitrogens with one attached hydrogen (secondary N) is 3. The molecule has 0 saturated heterocycles. The number of halogens is 2. The zero-order valence-electron chi connectivity index (χ0n) is 10.1. The highest BCUT2D eigenvalue weighted by Gasteiger charge is 2.08. The molecule has 0 bridgehead atoms. The van der Waals surface area contributed by atoms with Crippen molar-refractivity contribution in [3.63, 3.8) is 0 Å². The van der Waals surface area contributed by atoms with Crippen LogP contribution >= 0.6 is 23.2 Å². The molecule has 0 fully saturated rings. The van der Waals surface area contributed by atoms with Gasteiger partial charge in [-0.25, -0.2) is 4.79 Å². The molecule has 3 N–H and O–H groups in total. The Hall–Kier alpha value is -1.72. The van der Waals surface area contributed by atoms with Gasteiger partial charge in [-0.1, -0.05) is 30.1 Å². The summed E-state index contributed by atoms with van der Waals surface area (Å²) in [6.45, 7) is 1.99. The van der Waals surface area contributed by atoms with Crippen LogP contribution in [0.15, 0.2) is 24.3 Å². The quantitative estimate of drug-likeness (QED) is 0.804. The number of aryl methyl sites for hydroxylation is 1. The van der Waals surface area contributed by atoms with Gasteiger partial charge in [0.2, 0.25) is 0 Å². The van der Waals surface area contributed by atoms with Crippen molar-refractivity contribution >= 4 is 40.7 Å². The second kappa shape index (κ2) is 5.95. The molecule has 0 aliphatic carbocycles. The molecule has 2 rings (SSSR count). The zero-order valence-corrected chi connectivity index (χ0v) is 11.6. The second-order valence-corrected chi connectivity index (χ2v) is 4.68. The first kappa shape index (κ1) is 13.7. The van der Waals surface area contributed by atoms with E-state index in [1.54, 1.807) is 24.3 Å². The monoisotopic (exact) mass is 298 g/mol. The average Bonchev–Trinajstić information content (AvgIpc) is 2.81. The number of hydrogen-bond donors (Lipinski definition) is 3. The predicted molar refractivity (Wildman–Crippen MR) is 77.1 cm³/mol. The van der Waals surface area contributed by atoms with Gasteiger partial charge >= 0.3 is 6.03 Å². The molecule has 2 amide bonds.